The predicted molar refractivity (Wildman–Crippen MR) is 214 cm³/mol. The first-order chi connectivity index (χ1) is 26.8. The van der Waals surface area contributed by atoms with Crippen molar-refractivity contribution in [3.8, 4) is 0 Å². The molecule has 0 bridgehead atoms. The van der Waals surface area contributed by atoms with Gasteiger partial charge in [-0.1, -0.05) is 20.8 Å². The zero-order valence-electron chi connectivity index (χ0n) is 37.6. The number of carbonyl (C=O) groups is 2. The lowest BCUT2D eigenvalue weighted by molar-refractivity contribution is -0.318. The molecule has 0 aliphatic carbocycles. The number of cyclic esters (lactones) is 1. The molecular weight excluding hydrogens is 756 g/mol. The number of nitrogens with zero attached hydrogens (tertiary/aromatic N) is 2. The number of methoxy groups -OCH3 is 2. The number of likely N-dealkylation sites (N-methyl/N-ethyl adjacent to an activating group) is 2. The Balaban J connectivity index is 2.23. The van der Waals surface area contributed by atoms with Crippen molar-refractivity contribution in [2.45, 2.75) is 185 Å². The lowest BCUT2D eigenvalue weighted by atomic mass is 9.77. The molecular formula is C42H76N2O14. The van der Waals surface area contributed by atoms with E-state index in [1.807, 2.05) is 51.7 Å². The first kappa shape index (κ1) is 50.4. The lowest BCUT2D eigenvalue weighted by Gasteiger charge is -2.49. The Morgan fingerprint density at radius 1 is 0.966 bits per heavy atom. The van der Waals surface area contributed by atoms with Crippen LogP contribution in [-0.2, 0) is 47.5 Å². The van der Waals surface area contributed by atoms with Gasteiger partial charge in [-0.15, -0.1) is 0 Å². The third kappa shape index (κ3) is 11.9. The standard InChI is InChI=1S/C42H76N2O14/c1-16-30-42(10,50)35(46)27(6)44(13)22-23(2)20-40(8,49)37(58-39-34(53-18-17-31(45)51-14)29(43(11)12)19-24(3)54-39)25(4)33(26(5)38(48)56-30)57-32-21-41(9,52-15)36(47)28(7)55-32/h17-18,23-30,32-37,39,46-47,49-50H,16,19-22H2,1-15H3/b18-17+/t23-,24-,25+,26-,27-,28+,29+,30-,32+,33+,34-,35-,36+,37-,39+,40+,41-,42-/m1/s1. The van der Waals surface area contributed by atoms with Gasteiger partial charge in [-0.2, -0.15) is 0 Å². The number of ether oxygens (including phenoxy) is 8. The molecule has 3 rings (SSSR count). The van der Waals surface area contributed by atoms with Gasteiger partial charge in [-0.05, 0) is 94.8 Å². The van der Waals surface area contributed by atoms with Crippen molar-refractivity contribution in [3.05, 3.63) is 12.3 Å². The number of rotatable bonds is 10. The minimum atomic E-state index is -1.83. The summed E-state index contributed by atoms with van der Waals surface area (Å²) in [5, 5.41) is 47.1. The molecule has 0 aromatic carbocycles. The van der Waals surface area contributed by atoms with Crippen LogP contribution in [0.5, 0.6) is 0 Å². The number of carbonyl (C=O) groups excluding carboxylic acids is 2. The van der Waals surface area contributed by atoms with Crippen molar-refractivity contribution >= 4 is 11.9 Å². The Kier molecular flexibility index (Phi) is 18.0. The molecule has 16 nitrogen and oxygen atoms in total. The Hall–Kier alpha value is -1.96. The molecule has 3 saturated heterocycles. The highest BCUT2D eigenvalue weighted by Crippen LogP contribution is 2.40. The van der Waals surface area contributed by atoms with Crippen LogP contribution >= 0.6 is 0 Å². The number of hydrogen-bond acceptors (Lipinski definition) is 16. The van der Waals surface area contributed by atoms with E-state index >= 15 is 0 Å². The first-order valence-corrected chi connectivity index (χ1v) is 20.8. The molecule has 0 amide bonds. The van der Waals surface area contributed by atoms with Gasteiger partial charge < -0.3 is 68.1 Å². The molecule has 3 heterocycles. The fraction of sp³-hybridized carbons (Fsp3) is 0.905. The number of hydrogen-bond donors (Lipinski definition) is 4. The monoisotopic (exact) mass is 833 g/mol. The molecule has 16 heteroatoms. The van der Waals surface area contributed by atoms with Gasteiger partial charge in [0.25, 0.3) is 0 Å². The summed E-state index contributed by atoms with van der Waals surface area (Å²) in [7, 11) is 8.42. The minimum Gasteiger partial charge on any atom is -0.491 e. The maximum atomic E-state index is 14.4. The lowest BCUT2D eigenvalue weighted by Crippen LogP contribution is -2.60. The van der Waals surface area contributed by atoms with Crippen molar-refractivity contribution in [1.29, 1.82) is 0 Å². The van der Waals surface area contributed by atoms with Crippen LogP contribution < -0.4 is 0 Å². The quantitative estimate of drug-likeness (QED) is 0.142. The average molecular weight is 833 g/mol. The first-order valence-electron chi connectivity index (χ1n) is 20.8. The molecule has 0 aromatic rings. The van der Waals surface area contributed by atoms with Gasteiger partial charge in [0, 0.05) is 32.0 Å². The Bertz CT molecular complexity index is 1350. The largest absolute Gasteiger partial charge is 0.491 e. The van der Waals surface area contributed by atoms with E-state index in [2.05, 4.69) is 0 Å². The van der Waals surface area contributed by atoms with Gasteiger partial charge in [0.2, 0.25) is 0 Å². The van der Waals surface area contributed by atoms with Crippen LogP contribution in [0.1, 0.15) is 94.9 Å². The van der Waals surface area contributed by atoms with Crippen LogP contribution in [0, 0.1) is 17.8 Å². The summed E-state index contributed by atoms with van der Waals surface area (Å²) in [6, 6.07) is -0.805. The minimum absolute atomic E-state index is 0.109. The molecule has 3 aliphatic rings. The average Bonchev–Trinajstić information content (AvgIpc) is 3.15. The zero-order chi connectivity index (χ0) is 44.1. The SMILES string of the molecule is CC[C@H]1OC(=O)[C@H](C)[C@@H](O[C@H]2C[C@@](C)(OC)[C@@H](O)[C@H](C)O2)[C@H](C)[C@@H](O[C@@H]2O[C@H](C)C[C@H](N(C)C)[C@H]2O/C=C/C(=O)OC)[C@@](C)(O)C[C@@H](C)CN(C)[C@H](C)[C@@H](O)[C@]1(C)O. The molecule has 4 N–H and O–H groups in total. The van der Waals surface area contributed by atoms with Crippen LogP contribution in [0.2, 0.25) is 0 Å². The summed E-state index contributed by atoms with van der Waals surface area (Å²) in [5.41, 5.74) is -4.48. The second kappa shape index (κ2) is 20.7. The summed E-state index contributed by atoms with van der Waals surface area (Å²) >= 11 is 0. The van der Waals surface area contributed by atoms with E-state index in [0.717, 1.165) is 6.08 Å². The van der Waals surface area contributed by atoms with Gasteiger partial charge in [0.05, 0.1) is 67.0 Å². The zero-order valence-corrected chi connectivity index (χ0v) is 37.6. The van der Waals surface area contributed by atoms with E-state index in [1.54, 1.807) is 41.5 Å². The van der Waals surface area contributed by atoms with Crippen molar-refractivity contribution in [1.82, 2.24) is 9.80 Å². The fourth-order valence-electron chi connectivity index (χ4n) is 9.12. The van der Waals surface area contributed by atoms with Crippen LogP contribution in [0.4, 0.5) is 0 Å². The van der Waals surface area contributed by atoms with Crippen LogP contribution in [-0.4, -0.2) is 174 Å². The van der Waals surface area contributed by atoms with E-state index in [1.165, 1.54) is 27.4 Å². The highest BCUT2D eigenvalue weighted by atomic mass is 16.7. The van der Waals surface area contributed by atoms with Gasteiger partial charge in [0.15, 0.2) is 18.7 Å². The Morgan fingerprint density at radius 3 is 2.17 bits per heavy atom. The summed E-state index contributed by atoms with van der Waals surface area (Å²) in [4.78, 5) is 30.3. The van der Waals surface area contributed by atoms with Crippen molar-refractivity contribution in [2.24, 2.45) is 17.8 Å². The van der Waals surface area contributed by atoms with E-state index in [0.29, 0.717) is 13.0 Å². The number of aliphatic hydroxyl groups is 4. The van der Waals surface area contributed by atoms with Crippen molar-refractivity contribution in [2.75, 3.05) is 41.9 Å². The highest BCUT2D eigenvalue weighted by molar-refractivity contribution is 5.81. The molecule has 0 aromatic heterocycles. The van der Waals surface area contributed by atoms with Gasteiger partial charge >= 0.3 is 11.9 Å². The van der Waals surface area contributed by atoms with Crippen molar-refractivity contribution in [3.63, 3.8) is 0 Å². The highest BCUT2D eigenvalue weighted by Gasteiger charge is 2.53. The van der Waals surface area contributed by atoms with E-state index in [4.69, 9.17) is 37.9 Å². The summed E-state index contributed by atoms with van der Waals surface area (Å²) in [5.74, 6) is -3.32. The fourth-order valence-corrected chi connectivity index (χ4v) is 9.12. The van der Waals surface area contributed by atoms with Crippen LogP contribution in [0.25, 0.3) is 0 Å². The second-order valence-corrected chi connectivity index (χ2v) is 18.1. The Morgan fingerprint density at radius 2 is 1.60 bits per heavy atom. The van der Waals surface area contributed by atoms with E-state index in [9.17, 15) is 30.0 Å². The van der Waals surface area contributed by atoms with E-state index in [-0.39, 0.29) is 37.3 Å². The van der Waals surface area contributed by atoms with Crippen LogP contribution in [0.15, 0.2) is 12.3 Å². The van der Waals surface area contributed by atoms with Gasteiger partial charge in [0.1, 0.15) is 23.9 Å². The summed E-state index contributed by atoms with van der Waals surface area (Å²) in [6.45, 7) is 18.0. The molecule has 0 radical (unpaired) electrons. The van der Waals surface area contributed by atoms with Gasteiger partial charge in [-0.3, -0.25) is 4.79 Å². The number of esters is 2. The molecule has 0 spiro atoms. The maximum absolute atomic E-state index is 14.4. The smallest absolute Gasteiger partial charge is 0.333 e. The predicted octanol–water partition coefficient (Wildman–Crippen LogP) is 2.61. The second-order valence-electron chi connectivity index (χ2n) is 18.1. The molecule has 3 fully saturated rings. The molecule has 338 valence electrons. The molecule has 0 unspecified atom stereocenters. The molecule has 58 heavy (non-hydrogen) atoms. The molecule has 3 aliphatic heterocycles. The van der Waals surface area contributed by atoms with Gasteiger partial charge in [-0.25, -0.2) is 4.79 Å². The molecule has 18 atom stereocenters. The maximum Gasteiger partial charge on any atom is 0.333 e. The Labute approximate surface area is 346 Å². The van der Waals surface area contributed by atoms with E-state index < -0.39 is 102 Å². The summed E-state index contributed by atoms with van der Waals surface area (Å²) in [6.07, 6.45) is -5.82. The normalized spacial score (nSPS) is 45.7. The van der Waals surface area contributed by atoms with Crippen LogP contribution in [0.3, 0.4) is 0 Å². The summed E-state index contributed by atoms with van der Waals surface area (Å²) < 4.78 is 49.2. The van der Waals surface area contributed by atoms with Crippen molar-refractivity contribution < 1.29 is 67.9 Å². The third-order valence-corrected chi connectivity index (χ3v) is 12.8. The topological polar surface area (TPSA) is 195 Å². The number of aliphatic hydroxyl groups excluding tert-OH is 2. The third-order valence-electron chi connectivity index (χ3n) is 12.8. The molecule has 0 saturated carbocycles.